The maximum Gasteiger partial charge on any atom is 0.160 e. The summed E-state index contributed by atoms with van der Waals surface area (Å²) in [5.74, 6) is 2.41. The molecule has 0 radical (unpaired) electrons. The topological polar surface area (TPSA) is 24.9 Å². The van der Waals surface area contributed by atoms with Crippen molar-refractivity contribution in [1.82, 2.24) is 4.90 Å². The molecule has 2 aromatic rings. The zero-order chi connectivity index (χ0) is 20.1. The molecular formula is C25H34N2O2. The van der Waals surface area contributed by atoms with E-state index in [-0.39, 0.29) is 0 Å². The van der Waals surface area contributed by atoms with E-state index < -0.39 is 0 Å². The number of benzene rings is 2. The highest BCUT2D eigenvalue weighted by Gasteiger charge is 2.19. The highest BCUT2D eigenvalue weighted by molar-refractivity contribution is 5.48. The molecule has 4 rings (SSSR count). The van der Waals surface area contributed by atoms with Gasteiger partial charge in [-0.1, -0.05) is 31.0 Å². The van der Waals surface area contributed by atoms with Crippen LogP contribution in [-0.2, 0) is 6.42 Å². The van der Waals surface area contributed by atoms with E-state index in [1.165, 1.54) is 36.9 Å². The van der Waals surface area contributed by atoms with Gasteiger partial charge in [0.25, 0.3) is 0 Å². The molecule has 1 saturated carbocycles. The summed E-state index contributed by atoms with van der Waals surface area (Å²) < 4.78 is 10.8. The van der Waals surface area contributed by atoms with Gasteiger partial charge in [-0.3, -0.25) is 4.90 Å². The fraction of sp³-hybridized carbons (Fsp3) is 0.520. The fourth-order valence-corrected chi connectivity index (χ4v) is 4.77. The number of anilines is 1. The van der Waals surface area contributed by atoms with Crippen molar-refractivity contribution < 1.29 is 9.47 Å². The Kier molecular flexibility index (Phi) is 6.60. The highest BCUT2D eigenvalue weighted by atomic mass is 16.5. The first-order chi connectivity index (χ1) is 14.3. The second kappa shape index (κ2) is 9.53. The quantitative estimate of drug-likeness (QED) is 0.678. The first-order valence-electron chi connectivity index (χ1n) is 11.0. The number of hydrogen-bond acceptors (Lipinski definition) is 4. The normalized spacial score (nSPS) is 18.2. The minimum absolute atomic E-state index is 0.795. The average molecular weight is 395 g/mol. The molecule has 1 saturated heterocycles. The Morgan fingerprint density at radius 3 is 2.17 bits per heavy atom. The maximum absolute atomic E-state index is 5.43. The van der Waals surface area contributed by atoms with Crippen LogP contribution in [0.4, 0.5) is 5.69 Å². The van der Waals surface area contributed by atoms with Crippen molar-refractivity contribution in [2.24, 2.45) is 0 Å². The van der Waals surface area contributed by atoms with E-state index in [1.807, 2.05) is 6.07 Å². The van der Waals surface area contributed by atoms with Crippen molar-refractivity contribution in [2.45, 2.75) is 38.0 Å². The van der Waals surface area contributed by atoms with Crippen molar-refractivity contribution in [3.63, 3.8) is 0 Å². The van der Waals surface area contributed by atoms with Crippen LogP contribution in [-0.4, -0.2) is 51.8 Å². The molecule has 1 aliphatic heterocycles. The summed E-state index contributed by atoms with van der Waals surface area (Å²) in [5.41, 5.74) is 4.22. The Morgan fingerprint density at radius 2 is 1.52 bits per heavy atom. The van der Waals surface area contributed by atoms with Gasteiger partial charge in [0.1, 0.15) is 0 Å². The summed E-state index contributed by atoms with van der Waals surface area (Å²) in [7, 11) is 3.38. The number of nitrogens with zero attached hydrogens (tertiary/aromatic N) is 2. The van der Waals surface area contributed by atoms with E-state index in [0.717, 1.165) is 56.6 Å². The molecule has 29 heavy (non-hydrogen) atoms. The molecule has 0 N–H and O–H groups in total. The van der Waals surface area contributed by atoms with E-state index in [0.29, 0.717) is 0 Å². The van der Waals surface area contributed by atoms with Crippen LogP contribution in [0.3, 0.4) is 0 Å². The van der Waals surface area contributed by atoms with Gasteiger partial charge in [-0.05, 0) is 60.6 Å². The van der Waals surface area contributed by atoms with Crippen LogP contribution in [0.5, 0.6) is 11.5 Å². The summed E-state index contributed by atoms with van der Waals surface area (Å²) in [6.45, 7) is 5.54. The minimum atomic E-state index is 0.795. The van der Waals surface area contributed by atoms with Gasteiger partial charge < -0.3 is 14.4 Å². The molecule has 156 valence electrons. The molecule has 0 spiro atoms. The zero-order valence-corrected chi connectivity index (χ0v) is 17.9. The van der Waals surface area contributed by atoms with E-state index >= 15 is 0 Å². The molecule has 0 atom stereocenters. The highest BCUT2D eigenvalue weighted by Crippen LogP contribution is 2.34. The van der Waals surface area contributed by atoms with Crippen LogP contribution in [0.25, 0.3) is 0 Å². The smallest absolute Gasteiger partial charge is 0.160 e. The van der Waals surface area contributed by atoms with Gasteiger partial charge in [0.2, 0.25) is 0 Å². The first kappa shape index (κ1) is 20.1. The van der Waals surface area contributed by atoms with Gasteiger partial charge in [-0.2, -0.15) is 0 Å². The Morgan fingerprint density at radius 1 is 0.828 bits per heavy atom. The molecule has 1 heterocycles. The van der Waals surface area contributed by atoms with Gasteiger partial charge in [0.05, 0.1) is 14.2 Å². The van der Waals surface area contributed by atoms with Crippen LogP contribution in [0.1, 0.15) is 42.7 Å². The van der Waals surface area contributed by atoms with Crippen molar-refractivity contribution >= 4 is 5.69 Å². The van der Waals surface area contributed by atoms with Gasteiger partial charge >= 0.3 is 0 Å². The number of ether oxygens (including phenoxy) is 2. The fourth-order valence-electron chi connectivity index (χ4n) is 4.77. The molecule has 4 heteroatoms. The first-order valence-corrected chi connectivity index (χ1v) is 11.0. The lowest BCUT2D eigenvalue weighted by Gasteiger charge is -2.36. The predicted octanol–water partition coefficient (Wildman–Crippen LogP) is 4.73. The molecule has 1 aliphatic carbocycles. The van der Waals surface area contributed by atoms with Crippen molar-refractivity contribution in [1.29, 1.82) is 0 Å². The summed E-state index contributed by atoms with van der Waals surface area (Å²) >= 11 is 0. The second-order valence-corrected chi connectivity index (χ2v) is 8.34. The number of methoxy groups -OCH3 is 2. The third-order valence-electron chi connectivity index (χ3n) is 6.62. The molecule has 0 bridgehead atoms. The lowest BCUT2D eigenvalue weighted by molar-refractivity contribution is 0.261. The van der Waals surface area contributed by atoms with Crippen molar-refractivity contribution in [3.8, 4) is 11.5 Å². The van der Waals surface area contributed by atoms with Crippen LogP contribution in [0.2, 0.25) is 0 Å². The SMILES string of the molecule is COc1ccc(CCN2CCN(c3ccc(C4CCCC4)cc3)CC2)cc1OC. The Balaban J connectivity index is 1.26. The Bertz CT molecular complexity index is 776. The summed E-state index contributed by atoms with van der Waals surface area (Å²) in [6, 6.07) is 15.7. The number of hydrogen-bond donors (Lipinski definition) is 0. The van der Waals surface area contributed by atoms with Gasteiger partial charge in [0.15, 0.2) is 11.5 Å². The lowest BCUT2D eigenvalue weighted by Crippen LogP contribution is -2.47. The van der Waals surface area contributed by atoms with E-state index in [9.17, 15) is 0 Å². The molecule has 2 fully saturated rings. The summed E-state index contributed by atoms with van der Waals surface area (Å²) in [4.78, 5) is 5.10. The van der Waals surface area contributed by atoms with Crippen molar-refractivity contribution in [3.05, 3.63) is 53.6 Å². The monoisotopic (exact) mass is 394 g/mol. The third kappa shape index (κ3) is 4.87. The van der Waals surface area contributed by atoms with Gasteiger partial charge in [-0.25, -0.2) is 0 Å². The van der Waals surface area contributed by atoms with Crippen LogP contribution < -0.4 is 14.4 Å². The van der Waals surface area contributed by atoms with E-state index in [2.05, 4.69) is 46.2 Å². The molecule has 2 aromatic carbocycles. The predicted molar refractivity (Wildman–Crippen MR) is 120 cm³/mol. The minimum Gasteiger partial charge on any atom is -0.493 e. The standard InChI is InChI=1S/C25H34N2O2/c1-28-24-12-7-20(19-25(24)29-2)13-14-26-15-17-27(18-16-26)23-10-8-22(9-11-23)21-5-3-4-6-21/h7-12,19,21H,3-6,13-18H2,1-2H3. The second-order valence-electron chi connectivity index (χ2n) is 8.34. The van der Waals surface area contributed by atoms with Crippen LogP contribution in [0.15, 0.2) is 42.5 Å². The van der Waals surface area contributed by atoms with Gasteiger partial charge in [-0.15, -0.1) is 0 Å². The Hall–Kier alpha value is -2.20. The van der Waals surface area contributed by atoms with Crippen molar-refractivity contribution in [2.75, 3.05) is 51.8 Å². The molecule has 4 nitrogen and oxygen atoms in total. The maximum atomic E-state index is 5.43. The van der Waals surface area contributed by atoms with Crippen LogP contribution in [0, 0.1) is 0 Å². The summed E-state index contributed by atoms with van der Waals surface area (Å²) in [5, 5.41) is 0. The molecule has 0 unspecified atom stereocenters. The van der Waals surface area contributed by atoms with Crippen LogP contribution >= 0.6 is 0 Å². The Labute approximate surface area is 175 Å². The molecule has 0 amide bonds. The van der Waals surface area contributed by atoms with E-state index in [4.69, 9.17) is 9.47 Å². The average Bonchev–Trinajstić information content (AvgIpc) is 3.33. The lowest BCUT2D eigenvalue weighted by atomic mass is 9.97. The molecule has 0 aromatic heterocycles. The third-order valence-corrected chi connectivity index (χ3v) is 6.62. The largest absolute Gasteiger partial charge is 0.493 e. The molecule has 2 aliphatic rings. The van der Waals surface area contributed by atoms with E-state index in [1.54, 1.807) is 19.8 Å². The summed E-state index contributed by atoms with van der Waals surface area (Å²) in [6.07, 6.45) is 6.59. The number of rotatable bonds is 7. The number of piperazine rings is 1. The van der Waals surface area contributed by atoms with Gasteiger partial charge in [0, 0.05) is 38.4 Å². The zero-order valence-electron chi connectivity index (χ0n) is 17.9. The molecular weight excluding hydrogens is 360 g/mol.